The van der Waals surface area contributed by atoms with E-state index in [9.17, 15) is 32.5 Å². The Hall–Kier alpha value is -4.65. The Balaban J connectivity index is 1.46. The zero-order valence-corrected chi connectivity index (χ0v) is 20.9. The number of hydrogen-bond donors (Lipinski definition) is 2. The molecule has 2 atom stereocenters. The summed E-state index contributed by atoms with van der Waals surface area (Å²) >= 11 is 6.37. The van der Waals surface area contributed by atoms with E-state index in [-0.39, 0.29) is 28.0 Å². The van der Waals surface area contributed by atoms with Gasteiger partial charge in [-0.25, -0.2) is 9.07 Å². The number of aromatic nitrogens is 2. The van der Waals surface area contributed by atoms with Crippen molar-refractivity contribution in [3.8, 4) is 11.5 Å². The highest BCUT2D eigenvalue weighted by Gasteiger charge is 2.47. The number of benzene rings is 3. The van der Waals surface area contributed by atoms with E-state index in [1.807, 2.05) is 0 Å². The lowest BCUT2D eigenvalue weighted by Gasteiger charge is -2.33. The fourth-order valence-corrected chi connectivity index (χ4v) is 4.55. The third-order valence-corrected chi connectivity index (χ3v) is 6.48. The molecule has 0 saturated carbocycles. The third kappa shape index (κ3) is 5.54. The van der Waals surface area contributed by atoms with Gasteiger partial charge in [0.15, 0.2) is 11.7 Å². The molecule has 5 rings (SSSR count). The van der Waals surface area contributed by atoms with Crippen molar-refractivity contribution in [1.82, 2.24) is 9.78 Å². The molecule has 0 radical (unpaired) electrons. The molecular formula is C26H18ClF4N5O4. The van der Waals surface area contributed by atoms with Gasteiger partial charge >= 0.3 is 6.18 Å². The Labute approximate surface area is 228 Å². The summed E-state index contributed by atoms with van der Waals surface area (Å²) in [4.78, 5) is 23.8. The summed E-state index contributed by atoms with van der Waals surface area (Å²) in [7, 11) is 0. The molecule has 206 valence electrons. The second kappa shape index (κ2) is 10.5. The van der Waals surface area contributed by atoms with E-state index >= 15 is 0 Å². The average Bonchev–Trinajstić information content (AvgIpc) is 3.25. The average molecular weight is 576 g/mol. The van der Waals surface area contributed by atoms with Gasteiger partial charge in [-0.15, -0.1) is 0 Å². The quantitative estimate of drug-likeness (QED) is 0.142. The number of anilines is 2. The first kappa shape index (κ1) is 26.9. The number of hydrogen-bond acceptors (Lipinski definition) is 6. The van der Waals surface area contributed by atoms with Gasteiger partial charge in [-0.3, -0.25) is 14.9 Å². The van der Waals surface area contributed by atoms with Gasteiger partial charge in [-0.2, -0.15) is 18.3 Å². The van der Waals surface area contributed by atoms with Crippen molar-refractivity contribution in [1.29, 1.82) is 0 Å². The maximum Gasteiger partial charge on any atom is 0.410 e. The van der Waals surface area contributed by atoms with Crippen molar-refractivity contribution in [3.05, 3.63) is 105 Å². The number of fused-ring (bicyclic) bond motifs is 1. The van der Waals surface area contributed by atoms with E-state index < -0.39 is 52.7 Å². The molecule has 9 nitrogen and oxygen atoms in total. The SMILES string of the molecule is O=C(Nc1cc(Oc2ccc(F)cc2)cc([N+](=O)[O-])c1)c1nn2c(c1Cl)N[C@H](c1ccccc1)C[C@H]2C(F)(F)F. The van der Waals surface area contributed by atoms with Crippen LogP contribution in [0.1, 0.15) is 34.6 Å². The number of amides is 1. The highest BCUT2D eigenvalue weighted by Crippen LogP contribution is 2.46. The van der Waals surface area contributed by atoms with Crippen LogP contribution in [0.15, 0.2) is 72.8 Å². The van der Waals surface area contributed by atoms with Crippen LogP contribution in [0.5, 0.6) is 11.5 Å². The second-order valence-corrected chi connectivity index (χ2v) is 9.22. The molecule has 1 amide bonds. The number of rotatable bonds is 6. The largest absolute Gasteiger partial charge is 0.457 e. The van der Waals surface area contributed by atoms with Gasteiger partial charge in [-0.05, 0) is 29.8 Å². The summed E-state index contributed by atoms with van der Waals surface area (Å²) in [6.45, 7) is 0. The summed E-state index contributed by atoms with van der Waals surface area (Å²) in [6, 6.07) is 13.9. The highest BCUT2D eigenvalue weighted by atomic mass is 35.5. The maximum atomic E-state index is 14.0. The highest BCUT2D eigenvalue weighted by molar-refractivity contribution is 6.36. The minimum atomic E-state index is -4.69. The molecule has 0 aliphatic carbocycles. The van der Waals surface area contributed by atoms with Gasteiger partial charge in [0.25, 0.3) is 11.6 Å². The van der Waals surface area contributed by atoms with E-state index in [2.05, 4.69) is 15.7 Å². The molecule has 0 spiro atoms. The zero-order chi connectivity index (χ0) is 28.6. The summed E-state index contributed by atoms with van der Waals surface area (Å²) in [6.07, 6.45) is -5.09. The number of alkyl halides is 3. The summed E-state index contributed by atoms with van der Waals surface area (Å²) < 4.78 is 61.5. The van der Waals surface area contributed by atoms with Crippen LogP contribution >= 0.6 is 11.6 Å². The van der Waals surface area contributed by atoms with Crippen LogP contribution in [0.4, 0.5) is 34.8 Å². The van der Waals surface area contributed by atoms with Crippen LogP contribution in [-0.4, -0.2) is 26.8 Å². The van der Waals surface area contributed by atoms with Gasteiger partial charge in [0.2, 0.25) is 0 Å². The first-order valence-corrected chi connectivity index (χ1v) is 12.1. The molecular weight excluding hydrogens is 558 g/mol. The monoisotopic (exact) mass is 575 g/mol. The number of carbonyl (C=O) groups excluding carboxylic acids is 1. The number of carbonyl (C=O) groups is 1. The summed E-state index contributed by atoms with van der Waals surface area (Å²) in [5.74, 6) is -1.60. The predicted molar refractivity (Wildman–Crippen MR) is 137 cm³/mol. The molecule has 4 aromatic rings. The smallest absolute Gasteiger partial charge is 0.410 e. The summed E-state index contributed by atoms with van der Waals surface area (Å²) in [5.41, 5.74) is -0.480. The van der Waals surface area contributed by atoms with E-state index in [1.165, 1.54) is 18.2 Å². The normalized spacial score (nSPS) is 16.5. The standard InChI is InChI=1S/C26H18ClF4N5O4/c27-22-23(34-35-21(26(29,30)31)13-20(33-24(22)35)14-4-2-1-3-5-14)25(37)32-16-10-17(36(38)39)12-19(11-16)40-18-8-6-15(28)7-9-18/h1-12,20-21,33H,13H2,(H,32,37)/t20-,21-/m0/s1. The van der Waals surface area contributed by atoms with Crippen LogP contribution in [0.2, 0.25) is 5.02 Å². The predicted octanol–water partition coefficient (Wildman–Crippen LogP) is 7.29. The molecule has 1 aromatic heterocycles. The topological polar surface area (TPSA) is 111 Å². The lowest BCUT2D eigenvalue weighted by Crippen LogP contribution is -2.35. The van der Waals surface area contributed by atoms with E-state index in [1.54, 1.807) is 30.3 Å². The molecule has 1 aliphatic heterocycles. The summed E-state index contributed by atoms with van der Waals surface area (Å²) in [5, 5.41) is 20.3. The van der Waals surface area contributed by atoms with E-state index in [0.717, 1.165) is 24.3 Å². The van der Waals surface area contributed by atoms with Gasteiger partial charge in [0.1, 0.15) is 28.2 Å². The fourth-order valence-electron chi connectivity index (χ4n) is 4.29. The van der Waals surface area contributed by atoms with Crippen LogP contribution in [0.3, 0.4) is 0 Å². The fraction of sp³-hybridized carbons (Fsp3) is 0.154. The van der Waals surface area contributed by atoms with Gasteiger partial charge in [0, 0.05) is 18.6 Å². The number of nitrogens with zero attached hydrogens (tertiary/aromatic N) is 3. The van der Waals surface area contributed by atoms with E-state index in [4.69, 9.17) is 16.3 Å². The number of nitro groups is 1. The van der Waals surface area contributed by atoms with Crippen LogP contribution in [0.25, 0.3) is 0 Å². The number of non-ortho nitro benzene ring substituents is 1. The van der Waals surface area contributed by atoms with Gasteiger partial charge in [0.05, 0.1) is 22.7 Å². The van der Waals surface area contributed by atoms with Crippen LogP contribution in [-0.2, 0) is 0 Å². The van der Waals surface area contributed by atoms with Crippen molar-refractivity contribution < 1.29 is 32.0 Å². The molecule has 0 fully saturated rings. The maximum absolute atomic E-state index is 14.0. The van der Waals surface area contributed by atoms with Crippen LogP contribution < -0.4 is 15.4 Å². The Kier molecular flexibility index (Phi) is 7.06. The lowest BCUT2D eigenvalue weighted by atomic mass is 9.97. The molecule has 1 aliphatic rings. The lowest BCUT2D eigenvalue weighted by molar-refractivity contribution is -0.384. The van der Waals surface area contributed by atoms with Crippen molar-refractivity contribution in [2.45, 2.75) is 24.7 Å². The number of nitro benzene ring substituents is 1. The molecule has 40 heavy (non-hydrogen) atoms. The van der Waals surface area contributed by atoms with Gasteiger partial charge < -0.3 is 15.4 Å². The minimum Gasteiger partial charge on any atom is -0.457 e. The molecule has 14 heteroatoms. The second-order valence-electron chi connectivity index (χ2n) is 8.84. The van der Waals surface area contributed by atoms with E-state index in [0.29, 0.717) is 10.2 Å². The Morgan fingerprint density at radius 3 is 2.45 bits per heavy atom. The molecule has 2 heterocycles. The number of halogens is 5. The first-order valence-electron chi connectivity index (χ1n) is 11.7. The number of ether oxygens (including phenoxy) is 1. The van der Waals surface area contributed by atoms with Gasteiger partial charge in [-0.1, -0.05) is 41.9 Å². The Morgan fingerprint density at radius 1 is 1.10 bits per heavy atom. The van der Waals surface area contributed by atoms with Crippen molar-refractivity contribution in [2.24, 2.45) is 0 Å². The molecule has 0 unspecified atom stereocenters. The third-order valence-electron chi connectivity index (χ3n) is 6.12. The Bertz CT molecular complexity index is 1580. The van der Waals surface area contributed by atoms with Crippen molar-refractivity contribution >= 4 is 34.7 Å². The zero-order valence-electron chi connectivity index (χ0n) is 20.2. The molecule has 3 aromatic carbocycles. The van der Waals surface area contributed by atoms with Crippen molar-refractivity contribution in [2.75, 3.05) is 10.6 Å². The first-order chi connectivity index (χ1) is 19.0. The van der Waals surface area contributed by atoms with Crippen LogP contribution in [0, 0.1) is 15.9 Å². The molecule has 0 bridgehead atoms. The number of nitrogens with one attached hydrogen (secondary N) is 2. The van der Waals surface area contributed by atoms with Crippen molar-refractivity contribution in [3.63, 3.8) is 0 Å². The molecule has 2 N–H and O–H groups in total. The Morgan fingerprint density at radius 2 is 1.80 bits per heavy atom. The minimum absolute atomic E-state index is 0.0594. The molecule has 0 saturated heterocycles.